The standard InChI is InChI=1S/C62H102O6/c1-4-7-10-13-16-19-22-25-27-29-31-33-34-37-40-43-46-49-52-55-61(64)67-58-59(57-66-60(63)54-51-48-45-42-39-36-24-21-18-15-12-9-6-3)68-62(65)56-53-50-47-44-41-38-35-32-30-28-26-23-20-17-14-11-8-5-2/h7,9-10,12,15-16,18-19,21,24-25,27,31-33,35-36,39,59H,4-6,8,11,13-14,17,20,22-23,26,28-30,34,37-38,40-58H2,1-3H3/b10-7+,12-9+,18-15+,19-16+,24-21+,27-25+,33-31+,35-32+,39-36+. The third-order valence-electron chi connectivity index (χ3n) is 11.6. The Morgan fingerprint density at radius 1 is 0.324 bits per heavy atom. The molecule has 0 spiro atoms. The third-order valence-corrected chi connectivity index (χ3v) is 11.6. The van der Waals surface area contributed by atoms with Crippen molar-refractivity contribution in [3.8, 4) is 0 Å². The van der Waals surface area contributed by atoms with Crippen LogP contribution in [0, 0.1) is 0 Å². The minimum Gasteiger partial charge on any atom is -0.462 e. The van der Waals surface area contributed by atoms with E-state index in [9.17, 15) is 14.4 Å². The molecule has 0 aliphatic carbocycles. The van der Waals surface area contributed by atoms with Crippen LogP contribution in [0.3, 0.4) is 0 Å². The molecule has 0 rings (SSSR count). The van der Waals surface area contributed by atoms with Gasteiger partial charge in [-0.2, -0.15) is 0 Å². The number of rotatable bonds is 49. The van der Waals surface area contributed by atoms with Gasteiger partial charge in [0.15, 0.2) is 6.10 Å². The van der Waals surface area contributed by atoms with Crippen molar-refractivity contribution in [2.24, 2.45) is 0 Å². The highest BCUT2D eigenvalue weighted by molar-refractivity contribution is 5.71. The van der Waals surface area contributed by atoms with E-state index in [1.165, 1.54) is 83.5 Å². The van der Waals surface area contributed by atoms with Crippen molar-refractivity contribution in [3.63, 3.8) is 0 Å². The van der Waals surface area contributed by atoms with Gasteiger partial charge in [0.1, 0.15) is 13.2 Å². The third kappa shape index (κ3) is 53.0. The van der Waals surface area contributed by atoms with Crippen LogP contribution in [-0.2, 0) is 28.6 Å². The van der Waals surface area contributed by atoms with Crippen LogP contribution in [0.5, 0.6) is 0 Å². The molecule has 68 heavy (non-hydrogen) atoms. The molecule has 0 N–H and O–H groups in total. The van der Waals surface area contributed by atoms with Crippen molar-refractivity contribution in [2.45, 2.75) is 252 Å². The van der Waals surface area contributed by atoms with Crippen LogP contribution in [-0.4, -0.2) is 37.2 Å². The number of carbonyl (C=O) groups is 3. The van der Waals surface area contributed by atoms with Gasteiger partial charge in [0.25, 0.3) is 0 Å². The number of unbranched alkanes of at least 4 members (excludes halogenated alkanes) is 23. The number of esters is 3. The SMILES string of the molecule is CC/C=C/C=C/C=C/C=C/CCCCCC(=O)OCC(COC(=O)CCCCCCCC/C=C/C/C=C/C/C=C/C/C=C/CC)OC(=O)CCCCCCC/C=C/CCCCCCCCCCC. The molecule has 0 aromatic rings. The van der Waals surface area contributed by atoms with Gasteiger partial charge in [0.2, 0.25) is 0 Å². The lowest BCUT2D eigenvalue weighted by Gasteiger charge is -2.18. The van der Waals surface area contributed by atoms with E-state index in [-0.39, 0.29) is 31.1 Å². The van der Waals surface area contributed by atoms with Crippen molar-refractivity contribution in [2.75, 3.05) is 13.2 Å². The molecule has 0 aromatic carbocycles. The highest BCUT2D eigenvalue weighted by atomic mass is 16.6. The summed E-state index contributed by atoms with van der Waals surface area (Å²) < 4.78 is 16.8. The molecule has 1 unspecified atom stereocenters. The molecular formula is C62H102O6. The highest BCUT2D eigenvalue weighted by Gasteiger charge is 2.19. The zero-order valence-corrected chi connectivity index (χ0v) is 44.1. The van der Waals surface area contributed by atoms with Crippen LogP contribution in [0.25, 0.3) is 0 Å². The highest BCUT2D eigenvalue weighted by Crippen LogP contribution is 2.14. The minimum atomic E-state index is -0.807. The van der Waals surface area contributed by atoms with E-state index >= 15 is 0 Å². The number of carbonyl (C=O) groups excluding carboxylic acids is 3. The minimum absolute atomic E-state index is 0.103. The second-order valence-corrected chi connectivity index (χ2v) is 18.2. The summed E-state index contributed by atoms with van der Waals surface area (Å²) in [6.45, 7) is 6.33. The lowest BCUT2D eigenvalue weighted by atomic mass is 10.1. The molecular weight excluding hydrogens is 841 g/mol. The van der Waals surface area contributed by atoms with Gasteiger partial charge in [0.05, 0.1) is 0 Å². The molecule has 0 heterocycles. The van der Waals surface area contributed by atoms with E-state index in [4.69, 9.17) is 14.2 Å². The summed E-state index contributed by atoms with van der Waals surface area (Å²) >= 11 is 0. The first-order chi connectivity index (χ1) is 33.5. The lowest BCUT2D eigenvalue weighted by Crippen LogP contribution is -2.30. The zero-order valence-electron chi connectivity index (χ0n) is 44.1. The fourth-order valence-corrected chi connectivity index (χ4v) is 7.44. The van der Waals surface area contributed by atoms with Gasteiger partial charge in [-0.05, 0) is 103 Å². The second-order valence-electron chi connectivity index (χ2n) is 18.2. The summed E-state index contributed by atoms with van der Waals surface area (Å²) in [5, 5.41) is 0. The summed E-state index contributed by atoms with van der Waals surface area (Å²) in [5.41, 5.74) is 0. The predicted octanol–water partition coefficient (Wildman–Crippen LogP) is 18.7. The van der Waals surface area contributed by atoms with E-state index in [1.54, 1.807) is 0 Å². The molecule has 0 fully saturated rings. The Morgan fingerprint density at radius 2 is 0.647 bits per heavy atom. The maximum atomic E-state index is 12.8. The van der Waals surface area contributed by atoms with Crippen LogP contribution >= 0.6 is 0 Å². The van der Waals surface area contributed by atoms with Crippen molar-refractivity contribution in [3.05, 3.63) is 109 Å². The largest absolute Gasteiger partial charge is 0.462 e. The Labute approximate surface area is 419 Å². The first kappa shape index (κ1) is 64.1. The molecule has 6 heteroatoms. The van der Waals surface area contributed by atoms with Gasteiger partial charge in [-0.1, -0.05) is 233 Å². The van der Waals surface area contributed by atoms with Gasteiger partial charge < -0.3 is 14.2 Å². The van der Waals surface area contributed by atoms with E-state index in [0.29, 0.717) is 19.3 Å². The molecule has 0 amide bonds. The molecule has 0 aromatic heterocycles. The van der Waals surface area contributed by atoms with Crippen molar-refractivity contribution < 1.29 is 28.6 Å². The summed E-state index contributed by atoms with van der Waals surface area (Å²) in [5.74, 6) is -0.965. The Hall–Kier alpha value is -3.93. The van der Waals surface area contributed by atoms with Gasteiger partial charge in [-0.3, -0.25) is 14.4 Å². The monoisotopic (exact) mass is 943 g/mol. The van der Waals surface area contributed by atoms with E-state index in [0.717, 1.165) is 122 Å². The van der Waals surface area contributed by atoms with Gasteiger partial charge in [-0.25, -0.2) is 0 Å². The quantitative estimate of drug-likeness (QED) is 0.0199. The number of allylic oxidation sites excluding steroid dienone is 18. The molecule has 0 aliphatic rings. The second kappa shape index (κ2) is 55.7. The average molecular weight is 943 g/mol. The molecule has 0 aliphatic heterocycles. The average Bonchev–Trinajstić information content (AvgIpc) is 3.34. The molecule has 0 radical (unpaired) electrons. The van der Waals surface area contributed by atoms with Crippen LogP contribution in [0.1, 0.15) is 245 Å². The fourth-order valence-electron chi connectivity index (χ4n) is 7.44. The van der Waals surface area contributed by atoms with Crippen molar-refractivity contribution in [1.29, 1.82) is 0 Å². The molecule has 386 valence electrons. The molecule has 0 saturated carbocycles. The van der Waals surface area contributed by atoms with Crippen molar-refractivity contribution in [1.82, 2.24) is 0 Å². The van der Waals surface area contributed by atoms with Crippen LogP contribution in [0.4, 0.5) is 0 Å². The predicted molar refractivity (Wildman–Crippen MR) is 293 cm³/mol. The molecule has 0 bridgehead atoms. The first-order valence-corrected chi connectivity index (χ1v) is 27.9. The smallest absolute Gasteiger partial charge is 0.306 e. The fraction of sp³-hybridized carbons (Fsp3) is 0.661. The maximum Gasteiger partial charge on any atom is 0.306 e. The van der Waals surface area contributed by atoms with Gasteiger partial charge in [0, 0.05) is 19.3 Å². The van der Waals surface area contributed by atoms with E-state index in [2.05, 4.69) is 93.7 Å². The summed E-state index contributed by atoms with van der Waals surface area (Å²) in [7, 11) is 0. The number of ether oxygens (including phenoxy) is 3. The van der Waals surface area contributed by atoms with Gasteiger partial charge in [-0.15, -0.1) is 0 Å². The molecule has 0 saturated heterocycles. The van der Waals surface area contributed by atoms with Crippen LogP contribution in [0.15, 0.2) is 109 Å². The lowest BCUT2D eigenvalue weighted by molar-refractivity contribution is -0.167. The van der Waals surface area contributed by atoms with E-state index < -0.39 is 6.10 Å². The Bertz CT molecular complexity index is 1410. The number of hydrogen-bond donors (Lipinski definition) is 0. The molecule has 1 atom stereocenters. The van der Waals surface area contributed by atoms with E-state index in [1.807, 2.05) is 36.5 Å². The summed E-state index contributed by atoms with van der Waals surface area (Å²) in [6.07, 6.45) is 75.1. The zero-order chi connectivity index (χ0) is 49.3. The summed E-state index contributed by atoms with van der Waals surface area (Å²) in [6, 6.07) is 0. The maximum absolute atomic E-state index is 12.8. The Kier molecular flexibility index (Phi) is 52.4. The Balaban J connectivity index is 4.46. The Morgan fingerprint density at radius 3 is 1.10 bits per heavy atom. The topological polar surface area (TPSA) is 78.9 Å². The normalized spacial score (nSPS) is 12.9. The van der Waals surface area contributed by atoms with Crippen molar-refractivity contribution >= 4 is 17.9 Å². The van der Waals surface area contributed by atoms with Gasteiger partial charge >= 0.3 is 17.9 Å². The van der Waals surface area contributed by atoms with Crippen LogP contribution < -0.4 is 0 Å². The molecule has 6 nitrogen and oxygen atoms in total. The number of hydrogen-bond acceptors (Lipinski definition) is 6. The van der Waals surface area contributed by atoms with Crippen LogP contribution in [0.2, 0.25) is 0 Å². The first-order valence-electron chi connectivity index (χ1n) is 27.9. The summed E-state index contributed by atoms with van der Waals surface area (Å²) in [4.78, 5) is 38.1.